The second-order valence-corrected chi connectivity index (χ2v) is 9.82. The van der Waals surface area contributed by atoms with Crippen molar-refractivity contribution in [3.63, 3.8) is 0 Å². The first-order valence-electron chi connectivity index (χ1n) is 8.77. The van der Waals surface area contributed by atoms with Gasteiger partial charge in [0.2, 0.25) is 0 Å². The van der Waals surface area contributed by atoms with E-state index in [2.05, 4.69) is 27.0 Å². The van der Waals surface area contributed by atoms with E-state index < -0.39 is 10.0 Å². The molecule has 3 heterocycles. The van der Waals surface area contributed by atoms with Crippen LogP contribution in [0.15, 0.2) is 34.5 Å². The summed E-state index contributed by atoms with van der Waals surface area (Å²) in [5.74, 6) is 0.899. The average Bonchev–Trinajstić information content (AvgIpc) is 3.27. The van der Waals surface area contributed by atoms with E-state index in [-0.39, 0.29) is 0 Å². The predicted octanol–water partition coefficient (Wildman–Crippen LogP) is 3.01. The summed E-state index contributed by atoms with van der Waals surface area (Å²) in [5, 5.41) is 0. The minimum Gasteiger partial charge on any atom is -0.369 e. The molecule has 0 bridgehead atoms. The van der Waals surface area contributed by atoms with Crippen molar-refractivity contribution >= 4 is 38.1 Å². The molecule has 1 saturated heterocycles. The number of anilines is 1. The van der Waals surface area contributed by atoms with Gasteiger partial charge in [0.15, 0.2) is 0 Å². The highest BCUT2D eigenvalue weighted by Gasteiger charge is 2.29. The summed E-state index contributed by atoms with van der Waals surface area (Å²) in [6, 6.07) is 9.80. The van der Waals surface area contributed by atoms with Crippen LogP contribution in [0, 0.1) is 6.92 Å². The van der Waals surface area contributed by atoms with Gasteiger partial charge in [-0.05, 0) is 43.7 Å². The highest BCUT2D eigenvalue weighted by molar-refractivity contribution is 7.91. The molecule has 4 rings (SSSR count). The molecule has 0 unspecified atom stereocenters. The topological polar surface area (TPSA) is 69.3 Å². The van der Waals surface area contributed by atoms with Crippen LogP contribution in [0.3, 0.4) is 0 Å². The number of imidazole rings is 1. The predicted molar refractivity (Wildman–Crippen MR) is 105 cm³/mol. The Balaban J connectivity index is 1.49. The van der Waals surface area contributed by atoms with Crippen LogP contribution in [-0.2, 0) is 16.4 Å². The number of hydrogen-bond acceptors (Lipinski definition) is 5. The van der Waals surface area contributed by atoms with Crippen LogP contribution in [0.4, 0.5) is 5.69 Å². The zero-order valence-corrected chi connectivity index (χ0v) is 16.5. The smallest absolute Gasteiger partial charge is 0.252 e. The highest BCUT2D eigenvalue weighted by atomic mass is 32.2. The summed E-state index contributed by atoms with van der Waals surface area (Å²) in [6.45, 7) is 6.36. The standard InChI is InChI=1S/C18H22N4O2S2/c1-3-15-5-7-18(25-15)26(23,24)22-10-8-21(9-11-22)14-4-6-16-17(12-14)20-13(2)19-16/h4-7,12H,3,8-11H2,1-2H3,(H,19,20). The molecule has 0 saturated carbocycles. The average molecular weight is 391 g/mol. The fourth-order valence-corrected chi connectivity index (χ4v) is 6.19. The van der Waals surface area contributed by atoms with E-state index in [1.54, 1.807) is 10.4 Å². The number of sulfonamides is 1. The monoisotopic (exact) mass is 390 g/mol. The fourth-order valence-electron chi connectivity index (χ4n) is 3.32. The molecular formula is C18H22N4O2S2. The Bertz CT molecular complexity index is 1030. The number of nitrogens with zero attached hydrogens (tertiary/aromatic N) is 3. The first kappa shape index (κ1) is 17.5. The minimum atomic E-state index is -3.38. The van der Waals surface area contributed by atoms with Crippen molar-refractivity contribution in [1.82, 2.24) is 14.3 Å². The van der Waals surface area contributed by atoms with E-state index >= 15 is 0 Å². The van der Waals surface area contributed by atoms with Gasteiger partial charge >= 0.3 is 0 Å². The number of rotatable bonds is 4. The maximum absolute atomic E-state index is 12.8. The summed E-state index contributed by atoms with van der Waals surface area (Å²) in [7, 11) is -3.38. The van der Waals surface area contributed by atoms with Gasteiger partial charge in [0, 0.05) is 36.7 Å². The van der Waals surface area contributed by atoms with Crippen molar-refractivity contribution in [1.29, 1.82) is 0 Å². The van der Waals surface area contributed by atoms with Crippen LogP contribution in [0.5, 0.6) is 0 Å². The molecular weight excluding hydrogens is 368 g/mol. The number of nitrogens with one attached hydrogen (secondary N) is 1. The third kappa shape index (κ3) is 3.13. The molecule has 138 valence electrons. The Hall–Kier alpha value is -1.90. The van der Waals surface area contributed by atoms with Gasteiger partial charge in [-0.1, -0.05) is 6.92 Å². The summed E-state index contributed by atoms with van der Waals surface area (Å²) in [6.07, 6.45) is 0.865. The van der Waals surface area contributed by atoms with Crippen molar-refractivity contribution in [3.8, 4) is 0 Å². The first-order chi connectivity index (χ1) is 12.5. The van der Waals surface area contributed by atoms with E-state index in [0.717, 1.165) is 33.8 Å². The molecule has 1 N–H and O–H groups in total. The third-order valence-electron chi connectivity index (χ3n) is 4.77. The number of fused-ring (bicyclic) bond motifs is 1. The van der Waals surface area contributed by atoms with Gasteiger partial charge in [0.05, 0.1) is 11.0 Å². The van der Waals surface area contributed by atoms with Gasteiger partial charge in [-0.25, -0.2) is 13.4 Å². The lowest BCUT2D eigenvalue weighted by atomic mass is 10.2. The maximum atomic E-state index is 12.8. The Labute approximate surface area is 157 Å². The molecule has 1 aliphatic heterocycles. The summed E-state index contributed by atoms with van der Waals surface area (Å²) in [4.78, 5) is 11.0. The number of piperazine rings is 1. The van der Waals surface area contributed by atoms with E-state index in [0.29, 0.717) is 30.4 Å². The van der Waals surface area contributed by atoms with Crippen molar-refractivity contribution in [3.05, 3.63) is 41.0 Å². The number of aromatic nitrogens is 2. The molecule has 2 aromatic heterocycles. The maximum Gasteiger partial charge on any atom is 0.252 e. The first-order valence-corrected chi connectivity index (χ1v) is 11.0. The third-order valence-corrected chi connectivity index (χ3v) is 8.36. The second kappa shape index (κ2) is 6.68. The molecule has 8 heteroatoms. The second-order valence-electron chi connectivity index (χ2n) is 6.49. The fraction of sp³-hybridized carbons (Fsp3) is 0.389. The zero-order valence-electron chi connectivity index (χ0n) is 14.9. The lowest BCUT2D eigenvalue weighted by molar-refractivity contribution is 0.386. The van der Waals surface area contributed by atoms with E-state index in [1.807, 2.05) is 26.0 Å². The van der Waals surface area contributed by atoms with Gasteiger partial charge in [-0.15, -0.1) is 11.3 Å². The Kier molecular flexibility index (Phi) is 4.50. The number of aryl methyl sites for hydroxylation is 2. The lowest BCUT2D eigenvalue weighted by Crippen LogP contribution is -2.48. The molecule has 0 spiro atoms. The summed E-state index contributed by atoms with van der Waals surface area (Å²) in [5.41, 5.74) is 3.07. The normalized spacial score (nSPS) is 16.5. The molecule has 3 aromatic rings. The molecule has 26 heavy (non-hydrogen) atoms. The van der Waals surface area contributed by atoms with Crippen molar-refractivity contribution in [2.75, 3.05) is 31.1 Å². The van der Waals surface area contributed by atoms with Crippen molar-refractivity contribution < 1.29 is 8.42 Å². The van der Waals surface area contributed by atoms with Crippen LogP contribution in [-0.4, -0.2) is 48.9 Å². The summed E-state index contributed by atoms with van der Waals surface area (Å²) < 4.78 is 27.7. The Morgan fingerprint density at radius 2 is 1.92 bits per heavy atom. The molecule has 0 atom stereocenters. The number of hydrogen-bond donors (Lipinski definition) is 1. The van der Waals surface area contributed by atoms with Crippen molar-refractivity contribution in [2.45, 2.75) is 24.5 Å². The molecule has 1 aliphatic rings. The Morgan fingerprint density at radius 3 is 2.62 bits per heavy atom. The van der Waals surface area contributed by atoms with E-state index in [1.165, 1.54) is 11.3 Å². The van der Waals surface area contributed by atoms with Gasteiger partial charge in [0.25, 0.3) is 10.0 Å². The van der Waals surface area contributed by atoms with Crippen molar-refractivity contribution in [2.24, 2.45) is 0 Å². The molecule has 0 aliphatic carbocycles. The zero-order chi connectivity index (χ0) is 18.3. The van der Waals surface area contributed by atoms with Crippen LogP contribution in [0.25, 0.3) is 11.0 Å². The van der Waals surface area contributed by atoms with Gasteiger partial charge in [-0.2, -0.15) is 4.31 Å². The van der Waals surface area contributed by atoms with E-state index in [4.69, 9.17) is 0 Å². The summed E-state index contributed by atoms with van der Waals surface area (Å²) >= 11 is 1.38. The largest absolute Gasteiger partial charge is 0.369 e. The van der Waals surface area contributed by atoms with Crippen LogP contribution < -0.4 is 4.90 Å². The van der Waals surface area contributed by atoms with Crippen LogP contribution >= 0.6 is 11.3 Å². The molecule has 0 radical (unpaired) electrons. The van der Waals surface area contributed by atoms with Gasteiger partial charge in [0.1, 0.15) is 10.0 Å². The molecule has 0 amide bonds. The molecule has 1 fully saturated rings. The van der Waals surface area contributed by atoms with Gasteiger partial charge in [-0.3, -0.25) is 0 Å². The number of benzene rings is 1. The number of aromatic amines is 1. The van der Waals surface area contributed by atoms with Crippen LogP contribution in [0.1, 0.15) is 17.6 Å². The molecule has 6 nitrogen and oxygen atoms in total. The minimum absolute atomic E-state index is 0.456. The SMILES string of the molecule is CCc1ccc(S(=O)(=O)N2CCN(c3ccc4nc(C)[nH]c4c3)CC2)s1. The number of H-pyrrole nitrogens is 1. The quantitative estimate of drug-likeness (QED) is 0.743. The van der Waals surface area contributed by atoms with Crippen LogP contribution in [0.2, 0.25) is 0 Å². The van der Waals surface area contributed by atoms with E-state index in [9.17, 15) is 8.42 Å². The molecule has 1 aromatic carbocycles. The highest BCUT2D eigenvalue weighted by Crippen LogP contribution is 2.27. The Morgan fingerprint density at radius 1 is 1.15 bits per heavy atom. The lowest BCUT2D eigenvalue weighted by Gasteiger charge is -2.35. The number of thiophene rings is 1. The van der Waals surface area contributed by atoms with Gasteiger partial charge < -0.3 is 9.88 Å².